The van der Waals surface area contributed by atoms with Gasteiger partial charge in [-0.15, -0.1) is 0 Å². The minimum Gasteiger partial charge on any atom is -0.322 e. The molecule has 2 N–H and O–H groups in total. The third kappa shape index (κ3) is 4.45. The number of anilines is 2. The lowest BCUT2D eigenvalue weighted by Crippen LogP contribution is -2.17. The zero-order valence-corrected chi connectivity index (χ0v) is 14.4. The van der Waals surface area contributed by atoms with E-state index in [2.05, 4.69) is 15.6 Å². The molecule has 5 nitrogen and oxygen atoms in total. The van der Waals surface area contributed by atoms with Crippen LogP contribution in [0.3, 0.4) is 0 Å². The Morgan fingerprint density at radius 2 is 1.41 bits per heavy atom. The van der Waals surface area contributed by atoms with E-state index in [-0.39, 0.29) is 11.1 Å². The maximum atomic E-state index is 13.7. The fourth-order valence-electron chi connectivity index (χ4n) is 2.23. The Kier molecular flexibility index (Phi) is 5.42. The second kappa shape index (κ2) is 7.92. The summed E-state index contributed by atoms with van der Waals surface area (Å²) in [5.74, 6) is -3.12. The average molecular weight is 388 g/mol. The fraction of sp³-hybridized carbons (Fsp3) is 0. The Morgan fingerprint density at radius 1 is 0.852 bits per heavy atom. The number of rotatable bonds is 4. The molecule has 1 aromatic heterocycles. The van der Waals surface area contributed by atoms with Gasteiger partial charge in [-0.2, -0.15) is 0 Å². The summed E-state index contributed by atoms with van der Waals surface area (Å²) in [6, 6.07) is 11.0. The molecule has 0 radical (unpaired) electrons. The van der Waals surface area contributed by atoms with Gasteiger partial charge in [0, 0.05) is 23.1 Å². The van der Waals surface area contributed by atoms with Crippen LogP contribution in [0.4, 0.5) is 20.2 Å². The summed E-state index contributed by atoms with van der Waals surface area (Å²) in [6.45, 7) is 0. The molecule has 0 saturated carbocycles. The first-order chi connectivity index (χ1) is 12.9. The van der Waals surface area contributed by atoms with Gasteiger partial charge in [-0.3, -0.25) is 14.6 Å². The lowest BCUT2D eigenvalue weighted by atomic mass is 10.1. The number of para-hydroxylation sites is 1. The van der Waals surface area contributed by atoms with Crippen LogP contribution in [0.15, 0.2) is 60.9 Å². The number of nitrogens with zero attached hydrogens (tertiary/aromatic N) is 1. The molecule has 0 fully saturated rings. The second-order valence-corrected chi connectivity index (χ2v) is 5.91. The number of halogens is 3. The van der Waals surface area contributed by atoms with Gasteiger partial charge in [0.15, 0.2) is 0 Å². The van der Waals surface area contributed by atoms with Gasteiger partial charge in [-0.1, -0.05) is 17.7 Å². The van der Waals surface area contributed by atoms with Crippen molar-refractivity contribution in [2.24, 2.45) is 0 Å². The smallest absolute Gasteiger partial charge is 0.257 e. The van der Waals surface area contributed by atoms with Gasteiger partial charge < -0.3 is 10.6 Å². The Morgan fingerprint density at radius 3 is 2.00 bits per heavy atom. The zero-order valence-electron chi connectivity index (χ0n) is 13.7. The Bertz CT molecular complexity index is 990. The predicted octanol–water partition coefficient (Wildman–Crippen LogP) is 4.52. The van der Waals surface area contributed by atoms with Crippen LogP contribution >= 0.6 is 11.6 Å². The number of carbonyl (C=O) groups excluding carboxylic acids is 2. The van der Waals surface area contributed by atoms with Crippen molar-refractivity contribution >= 4 is 34.8 Å². The van der Waals surface area contributed by atoms with E-state index >= 15 is 0 Å². The summed E-state index contributed by atoms with van der Waals surface area (Å²) in [5, 5.41) is 5.29. The zero-order chi connectivity index (χ0) is 19.4. The number of aromatic nitrogens is 1. The molecule has 3 rings (SSSR count). The molecular weight excluding hydrogens is 376 g/mol. The van der Waals surface area contributed by atoms with Crippen molar-refractivity contribution in [3.05, 3.63) is 88.7 Å². The normalized spacial score (nSPS) is 10.3. The molecule has 0 bridgehead atoms. The highest BCUT2D eigenvalue weighted by molar-refractivity contribution is 6.30. The highest BCUT2D eigenvalue weighted by atomic mass is 35.5. The quantitative estimate of drug-likeness (QED) is 0.691. The van der Waals surface area contributed by atoms with Crippen LogP contribution in [0.25, 0.3) is 0 Å². The number of benzene rings is 2. The molecule has 8 heteroatoms. The molecule has 0 saturated heterocycles. The number of carbonyl (C=O) groups is 2. The Balaban J connectivity index is 1.77. The fourth-order valence-corrected chi connectivity index (χ4v) is 2.35. The van der Waals surface area contributed by atoms with Crippen molar-refractivity contribution in [1.82, 2.24) is 4.98 Å². The summed E-state index contributed by atoms with van der Waals surface area (Å²) in [5.41, 5.74) is 0.0132. The molecule has 3 aromatic rings. The lowest BCUT2D eigenvalue weighted by molar-refractivity contribution is 0.102. The molecule has 27 heavy (non-hydrogen) atoms. The monoisotopic (exact) mass is 387 g/mol. The molecule has 0 unspecified atom stereocenters. The van der Waals surface area contributed by atoms with E-state index in [9.17, 15) is 18.4 Å². The summed E-state index contributed by atoms with van der Waals surface area (Å²) >= 11 is 5.79. The first-order valence-electron chi connectivity index (χ1n) is 7.71. The standard InChI is InChI=1S/C19H12ClF2N3O2/c20-13-4-6-14(7-5-13)24-18(26)11-8-12(10-23-9-11)19(27)25-17-15(21)2-1-3-16(17)22/h1-10H,(H,24,26)(H,25,27). The number of hydrogen-bond acceptors (Lipinski definition) is 3. The minimum atomic E-state index is -0.909. The van der Waals surface area contributed by atoms with E-state index < -0.39 is 29.1 Å². The largest absolute Gasteiger partial charge is 0.322 e. The molecule has 136 valence electrons. The first-order valence-corrected chi connectivity index (χ1v) is 8.09. The van der Waals surface area contributed by atoms with E-state index in [0.29, 0.717) is 10.7 Å². The van der Waals surface area contributed by atoms with Gasteiger partial charge in [0.25, 0.3) is 11.8 Å². The van der Waals surface area contributed by atoms with Gasteiger partial charge in [-0.05, 0) is 42.5 Å². The molecule has 0 atom stereocenters. The maximum Gasteiger partial charge on any atom is 0.257 e. The van der Waals surface area contributed by atoms with Crippen molar-refractivity contribution in [3.8, 4) is 0 Å². The van der Waals surface area contributed by atoms with E-state index in [1.807, 2.05) is 0 Å². The lowest BCUT2D eigenvalue weighted by Gasteiger charge is -2.09. The minimum absolute atomic E-state index is 0.0265. The summed E-state index contributed by atoms with van der Waals surface area (Å²) in [4.78, 5) is 28.4. The van der Waals surface area contributed by atoms with Gasteiger partial charge >= 0.3 is 0 Å². The molecule has 0 aliphatic carbocycles. The third-order valence-corrected chi connectivity index (χ3v) is 3.82. The Hall–Kier alpha value is -3.32. The summed E-state index contributed by atoms with van der Waals surface area (Å²) in [6.07, 6.45) is 2.46. The highest BCUT2D eigenvalue weighted by Gasteiger charge is 2.15. The van der Waals surface area contributed by atoms with Crippen LogP contribution in [0, 0.1) is 11.6 Å². The van der Waals surface area contributed by atoms with E-state index in [1.165, 1.54) is 24.5 Å². The van der Waals surface area contributed by atoms with Gasteiger partial charge in [0.2, 0.25) is 0 Å². The number of pyridine rings is 1. The van der Waals surface area contributed by atoms with Crippen molar-refractivity contribution < 1.29 is 18.4 Å². The van der Waals surface area contributed by atoms with Crippen molar-refractivity contribution in [2.45, 2.75) is 0 Å². The third-order valence-electron chi connectivity index (χ3n) is 3.57. The Labute approximate surface area is 158 Å². The van der Waals surface area contributed by atoms with Crippen LogP contribution in [0.5, 0.6) is 0 Å². The first kappa shape index (κ1) is 18.5. The highest BCUT2D eigenvalue weighted by Crippen LogP contribution is 2.19. The predicted molar refractivity (Wildman–Crippen MR) is 98.0 cm³/mol. The number of nitrogens with one attached hydrogen (secondary N) is 2. The topological polar surface area (TPSA) is 71.1 Å². The molecule has 0 spiro atoms. The number of hydrogen-bond donors (Lipinski definition) is 2. The van der Waals surface area contributed by atoms with E-state index in [0.717, 1.165) is 12.1 Å². The molecule has 2 amide bonds. The van der Waals surface area contributed by atoms with Crippen LogP contribution in [-0.2, 0) is 0 Å². The van der Waals surface area contributed by atoms with E-state index in [4.69, 9.17) is 11.6 Å². The van der Waals surface area contributed by atoms with Gasteiger partial charge in [0.1, 0.15) is 17.3 Å². The average Bonchev–Trinajstić information content (AvgIpc) is 2.66. The van der Waals surface area contributed by atoms with Crippen LogP contribution in [0.2, 0.25) is 5.02 Å². The van der Waals surface area contributed by atoms with Crippen molar-refractivity contribution in [3.63, 3.8) is 0 Å². The van der Waals surface area contributed by atoms with Crippen LogP contribution in [0.1, 0.15) is 20.7 Å². The van der Waals surface area contributed by atoms with Crippen LogP contribution in [-0.4, -0.2) is 16.8 Å². The van der Waals surface area contributed by atoms with Gasteiger partial charge in [0.05, 0.1) is 11.1 Å². The summed E-state index contributed by atoms with van der Waals surface area (Å²) < 4.78 is 27.3. The molecular formula is C19H12ClF2N3O2. The number of amides is 2. The van der Waals surface area contributed by atoms with Crippen molar-refractivity contribution in [2.75, 3.05) is 10.6 Å². The maximum absolute atomic E-state index is 13.7. The summed E-state index contributed by atoms with van der Waals surface area (Å²) in [7, 11) is 0. The second-order valence-electron chi connectivity index (χ2n) is 5.47. The SMILES string of the molecule is O=C(Nc1ccc(Cl)cc1)c1cncc(C(=O)Nc2c(F)cccc2F)c1. The molecule has 0 aliphatic rings. The van der Waals surface area contributed by atoms with Crippen LogP contribution < -0.4 is 10.6 Å². The van der Waals surface area contributed by atoms with Crippen molar-refractivity contribution in [1.29, 1.82) is 0 Å². The molecule has 0 aliphatic heterocycles. The molecule has 2 aromatic carbocycles. The molecule has 1 heterocycles. The van der Waals surface area contributed by atoms with E-state index in [1.54, 1.807) is 24.3 Å². The van der Waals surface area contributed by atoms with Gasteiger partial charge in [-0.25, -0.2) is 8.78 Å².